The fourth-order valence-electron chi connectivity index (χ4n) is 2.69. The van der Waals surface area contributed by atoms with E-state index in [2.05, 4.69) is 9.89 Å². The van der Waals surface area contributed by atoms with Crippen molar-refractivity contribution in [3.63, 3.8) is 0 Å². The number of hydrogen-bond donors (Lipinski definition) is 0. The lowest BCUT2D eigenvalue weighted by atomic mass is 10.1. The van der Waals surface area contributed by atoms with Gasteiger partial charge in [0, 0.05) is 19.0 Å². The van der Waals surface area contributed by atoms with Gasteiger partial charge >= 0.3 is 6.36 Å². The number of rotatable bonds is 4. The molecular formula is C17H17F3N2O4. The molecular weight excluding hydrogens is 353 g/mol. The SMILES string of the molecule is CCc1cc(C(=O)N2CCOC(c3cccc(OC(F)(F)F)c3)C2)no1. The van der Waals surface area contributed by atoms with E-state index in [-0.39, 0.29) is 30.5 Å². The third kappa shape index (κ3) is 4.34. The summed E-state index contributed by atoms with van der Waals surface area (Å²) in [7, 11) is 0. The van der Waals surface area contributed by atoms with Gasteiger partial charge in [-0.15, -0.1) is 13.2 Å². The van der Waals surface area contributed by atoms with Gasteiger partial charge in [0.15, 0.2) is 5.69 Å². The van der Waals surface area contributed by atoms with E-state index in [0.29, 0.717) is 24.3 Å². The molecule has 1 fully saturated rings. The Balaban J connectivity index is 1.72. The molecule has 1 aromatic heterocycles. The van der Waals surface area contributed by atoms with Gasteiger partial charge in [0.1, 0.15) is 17.6 Å². The minimum Gasteiger partial charge on any atom is -0.406 e. The molecule has 1 unspecified atom stereocenters. The number of alkyl halides is 3. The summed E-state index contributed by atoms with van der Waals surface area (Å²) >= 11 is 0. The van der Waals surface area contributed by atoms with Crippen LogP contribution in [0, 0.1) is 0 Å². The largest absolute Gasteiger partial charge is 0.573 e. The summed E-state index contributed by atoms with van der Waals surface area (Å²) in [6.45, 7) is 2.71. The molecule has 0 saturated carbocycles. The van der Waals surface area contributed by atoms with Crippen molar-refractivity contribution >= 4 is 5.91 Å². The summed E-state index contributed by atoms with van der Waals surface area (Å²) in [6.07, 6.45) is -4.70. The third-order valence-electron chi connectivity index (χ3n) is 3.94. The van der Waals surface area contributed by atoms with Crippen LogP contribution >= 0.6 is 0 Å². The molecule has 2 heterocycles. The van der Waals surface area contributed by atoms with Crippen LogP contribution in [0.4, 0.5) is 13.2 Å². The van der Waals surface area contributed by atoms with Crippen LogP contribution in [0.15, 0.2) is 34.9 Å². The second kappa shape index (κ2) is 7.36. The molecule has 0 radical (unpaired) electrons. The summed E-state index contributed by atoms with van der Waals surface area (Å²) in [5.74, 6) is -0.0225. The zero-order valence-corrected chi connectivity index (χ0v) is 14.0. The molecule has 1 amide bonds. The standard InChI is InChI=1S/C17H17F3N2O4/c1-2-12-9-14(21-26-12)16(23)22-6-7-24-15(10-22)11-4-3-5-13(8-11)25-17(18,19)20/h3-5,8-9,15H,2,6-7,10H2,1H3. The topological polar surface area (TPSA) is 64.8 Å². The highest BCUT2D eigenvalue weighted by Crippen LogP contribution is 2.29. The number of carbonyl (C=O) groups excluding carboxylic acids is 1. The van der Waals surface area contributed by atoms with E-state index in [9.17, 15) is 18.0 Å². The molecule has 0 N–H and O–H groups in total. The normalized spacial score (nSPS) is 18.0. The van der Waals surface area contributed by atoms with E-state index in [1.807, 2.05) is 6.92 Å². The Morgan fingerprint density at radius 3 is 2.88 bits per heavy atom. The second-order valence-electron chi connectivity index (χ2n) is 5.76. The van der Waals surface area contributed by atoms with Gasteiger partial charge in [-0.3, -0.25) is 4.79 Å². The van der Waals surface area contributed by atoms with Gasteiger partial charge in [-0.1, -0.05) is 24.2 Å². The first-order valence-electron chi connectivity index (χ1n) is 8.08. The summed E-state index contributed by atoms with van der Waals surface area (Å²) in [5.41, 5.74) is 0.704. The van der Waals surface area contributed by atoms with Crippen LogP contribution in [0.5, 0.6) is 5.75 Å². The van der Waals surface area contributed by atoms with Crippen LogP contribution in [-0.4, -0.2) is 42.0 Å². The maximum Gasteiger partial charge on any atom is 0.573 e. The smallest absolute Gasteiger partial charge is 0.406 e. The van der Waals surface area contributed by atoms with Crippen LogP contribution in [0.1, 0.15) is 34.8 Å². The number of benzene rings is 1. The molecule has 0 bridgehead atoms. The van der Waals surface area contributed by atoms with Gasteiger partial charge in [0.05, 0.1) is 13.2 Å². The zero-order chi connectivity index (χ0) is 18.7. The summed E-state index contributed by atoms with van der Waals surface area (Å²) in [5, 5.41) is 3.76. The van der Waals surface area contributed by atoms with Crippen molar-refractivity contribution in [2.24, 2.45) is 0 Å². The lowest BCUT2D eigenvalue weighted by molar-refractivity contribution is -0.274. The zero-order valence-electron chi connectivity index (χ0n) is 14.0. The molecule has 0 spiro atoms. The van der Waals surface area contributed by atoms with Gasteiger partial charge in [0.25, 0.3) is 5.91 Å². The van der Waals surface area contributed by atoms with Crippen molar-refractivity contribution in [1.82, 2.24) is 10.1 Å². The number of aryl methyl sites for hydroxylation is 1. The molecule has 1 aromatic carbocycles. The molecule has 0 aliphatic carbocycles. The Hall–Kier alpha value is -2.55. The van der Waals surface area contributed by atoms with E-state index in [1.165, 1.54) is 18.2 Å². The molecule has 9 heteroatoms. The molecule has 3 rings (SSSR count). The molecule has 1 saturated heterocycles. The average molecular weight is 370 g/mol. The number of carbonyl (C=O) groups is 1. The predicted molar refractivity (Wildman–Crippen MR) is 83.6 cm³/mol. The maximum atomic E-state index is 12.5. The Morgan fingerprint density at radius 1 is 1.38 bits per heavy atom. The second-order valence-corrected chi connectivity index (χ2v) is 5.76. The Morgan fingerprint density at radius 2 is 2.19 bits per heavy atom. The quantitative estimate of drug-likeness (QED) is 0.826. The minimum absolute atomic E-state index is 0.197. The van der Waals surface area contributed by atoms with Crippen LogP contribution < -0.4 is 4.74 Å². The monoisotopic (exact) mass is 370 g/mol. The van der Waals surface area contributed by atoms with E-state index >= 15 is 0 Å². The fraction of sp³-hybridized carbons (Fsp3) is 0.412. The highest BCUT2D eigenvalue weighted by Gasteiger charge is 2.32. The Bertz CT molecular complexity index is 775. The molecule has 140 valence electrons. The number of morpholine rings is 1. The van der Waals surface area contributed by atoms with E-state index in [1.54, 1.807) is 17.0 Å². The lowest BCUT2D eigenvalue weighted by Gasteiger charge is -2.32. The minimum atomic E-state index is -4.77. The number of hydrogen-bond acceptors (Lipinski definition) is 5. The van der Waals surface area contributed by atoms with Crippen LogP contribution in [0.2, 0.25) is 0 Å². The lowest BCUT2D eigenvalue weighted by Crippen LogP contribution is -2.42. The highest BCUT2D eigenvalue weighted by atomic mass is 19.4. The van der Waals surface area contributed by atoms with Crippen molar-refractivity contribution in [2.45, 2.75) is 25.8 Å². The third-order valence-corrected chi connectivity index (χ3v) is 3.94. The number of ether oxygens (including phenoxy) is 2. The van der Waals surface area contributed by atoms with Crippen LogP contribution in [0.3, 0.4) is 0 Å². The number of aromatic nitrogens is 1. The van der Waals surface area contributed by atoms with E-state index in [0.717, 1.165) is 0 Å². The number of nitrogens with zero attached hydrogens (tertiary/aromatic N) is 2. The van der Waals surface area contributed by atoms with Crippen LogP contribution in [-0.2, 0) is 11.2 Å². The van der Waals surface area contributed by atoms with E-state index < -0.39 is 12.5 Å². The van der Waals surface area contributed by atoms with Crippen molar-refractivity contribution < 1.29 is 32.0 Å². The summed E-state index contributed by atoms with van der Waals surface area (Å²) < 4.78 is 51.7. The summed E-state index contributed by atoms with van der Waals surface area (Å²) in [6, 6.07) is 7.14. The Kier molecular flexibility index (Phi) is 5.17. The first-order chi connectivity index (χ1) is 12.4. The van der Waals surface area contributed by atoms with E-state index in [4.69, 9.17) is 9.26 Å². The van der Waals surface area contributed by atoms with Gasteiger partial charge in [-0.2, -0.15) is 0 Å². The fourth-order valence-corrected chi connectivity index (χ4v) is 2.69. The number of halogens is 3. The molecule has 6 nitrogen and oxygen atoms in total. The van der Waals surface area contributed by atoms with Crippen molar-refractivity contribution in [3.8, 4) is 5.75 Å². The first-order valence-corrected chi connectivity index (χ1v) is 8.08. The first kappa shape index (κ1) is 18.2. The van der Waals surface area contributed by atoms with Gasteiger partial charge in [-0.25, -0.2) is 0 Å². The van der Waals surface area contributed by atoms with Crippen LogP contribution in [0.25, 0.3) is 0 Å². The predicted octanol–water partition coefficient (Wildman–Crippen LogP) is 3.35. The highest BCUT2D eigenvalue weighted by molar-refractivity contribution is 5.92. The van der Waals surface area contributed by atoms with Crippen molar-refractivity contribution in [1.29, 1.82) is 0 Å². The van der Waals surface area contributed by atoms with Gasteiger partial charge in [0.2, 0.25) is 0 Å². The number of amides is 1. The average Bonchev–Trinajstić information content (AvgIpc) is 3.09. The van der Waals surface area contributed by atoms with Crippen molar-refractivity contribution in [3.05, 3.63) is 47.3 Å². The summed E-state index contributed by atoms with van der Waals surface area (Å²) in [4.78, 5) is 14.1. The molecule has 1 aliphatic rings. The maximum absolute atomic E-state index is 12.5. The molecule has 2 aromatic rings. The van der Waals surface area contributed by atoms with Crippen molar-refractivity contribution in [2.75, 3.05) is 19.7 Å². The van der Waals surface area contributed by atoms with Gasteiger partial charge in [-0.05, 0) is 17.7 Å². The molecule has 26 heavy (non-hydrogen) atoms. The Labute approximate surface area is 147 Å². The van der Waals surface area contributed by atoms with Gasteiger partial charge < -0.3 is 18.9 Å². The molecule has 1 atom stereocenters. The molecule has 1 aliphatic heterocycles.